The quantitative estimate of drug-likeness (QED) is 0.591. The van der Waals surface area contributed by atoms with Gasteiger partial charge < -0.3 is 30.7 Å². The number of rotatable bonds is 7. The van der Waals surface area contributed by atoms with E-state index in [2.05, 4.69) is 10.6 Å². The summed E-state index contributed by atoms with van der Waals surface area (Å²) < 4.78 is 10.4. The number of anilines is 1. The zero-order chi connectivity index (χ0) is 23.1. The summed E-state index contributed by atoms with van der Waals surface area (Å²) in [5.41, 5.74) is 6.37. The van der Waals surface area contributed by atoms with Gasteiger partial charge in [0.1, 0.15) is 11.5 Å². The first-order valence-electron chi connectivity index (χ1n) is 10.1. The van der Waals surface area contributed by atoms with E-state index in [0.29, 0.717) is 22.7 Å². The SMILES string of the molecule is COc1cccc(NC(=O)N2CCN(C(=O)c3cccc(OC)c3)C2C(=O)NCCN)c1. The molecule has 170 valence electrons. The molecule has 1 heterocycles. The Morgan fingerprint density at radius 1 is 1.00 bits per heavy atom. The molecule has 0 spiro atoms. The van der Waals surface area contributed by atoms with Crippen molar-refractivity contribution in [3.8, 4) is 11.5 Å². The number of nitrogens with one attached hydrogen (secondary N) is 2. The molecule has 1 unspecified atom stereocenters. The normalized spacial score (nSPS) is 15.3. The smallest absolute Gasteiger partial charge is 0.323 e. The second kappa shape index (κ2) is 10.5. The molecule has 10 heteroatoms. The van der Waals surface area contributed by atoms with Crippen LogP contribution in [0.15, 0.2) is 48.5 Å². The highest BCUT2D eigenvalue weighted by molar-refractivity contribution is 6.00. The Hall–Kier alpha value is -3.79. The summed E-state index contributed by atoms with van der Waals surface area (Å²) in [4.78, 5) is 41.8. The minimum Gasteiger partial charge on any atom is -0.497 e. The molecule has 2 aromatic rings. The average Bonchev–Trinajstić information content (AvgIpc) is 3.27. The number of carbonyl (C=O) groups excluding carboxylic acids is 3. The third-order valence-electron chi connectivity index (χ3n) is 5.01. The molecular formula is C22H27N5O5. The first-order valence-corrected chi connectivity index (χ1v) is 10.1. The highest BCUT2D eigenvalue weighted by Gasteiger charge is 2.43. The van der Waals surface area contributed by atoms with E-state index >= 15 is 0 Å². The van der Waals surface area contributed by atoms with E-state index in [1.165, 1.54) is 24.0 Å². The average molecular weight is 441 g/mol. The molecule has 1 saturated heterocycles. The van der Waals surface area contributed by atoms with Crippen molar-refractivity contribution in [1.82, 2.24) is 15.1 Å². The summed E-state index contributed by atoms with van der Waals surface area (Å²) in [7, 11) is 3.04. The molecule has 0 bridgehead atoms. The summed E-state index contributed by atoms with van der Waals surface area (Å²) in [5.74, 6) is 0.238. The van der Waals surface area contributed by atoms with Crippen LogP contribution in [0, 0.1) is 0 Å². The van der Waals surface area contributed by atoms with Crippen LogP contribution in [-0.2, 0) is 4.79 Å². The van der Waals surface area contributed by atoms with E-state index < -0.39 is 18.1 Å². The van der Waals surface area contributed by atoms with E-state index in [9.17, 15) is 14.4 Å². The fraction of sp³-hybridized carbons (Fsp3) is 0.318. The summed E-state index contributed by atoms with van der Waals surface area (Å²) in [6, 6.07) is 13.0. The largest absolute Gasteiger partial charge is 0.497 e. The van der Waals surface area contributed by atoms with Crippen molar-refractivity contribution < 1.29 is 23.9 Å². The number of amides is 4. The second-order valence-electron chi connectivity index (χ2n) is 7.04. The van der Waals surface area contributed by atoms with Gasteiger partial charge in [0.25, 0.3) is 11.8 Å². The monoisotopic (exact) mass is 441 g/mol. The van der Waals surface area contributed by atoms with Gasteiger partial charge in [0.05, 0.1) is 14.2 Å². The van der Waals surface area contributed by atoms with Gasteiger partial charge in [0.2, 0.25) is 0 Å². The third-order valence-corrected chi connectivity index (χ3v) is 5.01. The Morgan fingerprint density at radius 2 is 1.66 bits per heavy atom. The fourth-order valence-corrected chi connectivity index (χ4v) is 3.44. The standard InChI is InChI=1S/C22H27N5O5/c1-31-17-7-3-5-15(13-17)21(29)26-11-12-27(20(26)19(28)24-10-9-23)22(30)25-16-6-4-8-18(14-16)32-2/h3-8,13-14,20H,9-12,23H2,1-2H3,(H,24,28)(H,25,30). The lowest BCUT2D eigenvalue weighted by Crippen LogP contribution is -2.55. The maximum Gasteiger partial charge on any atom is 0.323 e. The molecule has 1 aliphatic rings. The number of benzene rings is 2. The van der Waals surface area contributed by atoms with Crippen molar-refractivity contribution in [3.63, 3.8) is 0 Å². The lowest BCUT2D eigenvalue weighted by Gasteiger charge is -2.29. The number of methoxy groups -OCH3 is 2. The Balaban J connectivity index is 1.84. The van der Waals surface area contributed by atoms with Gasteiger partial charge in [-0.15, -0.1) is 0 Å². The maximum atomic E-state index is 13.2. The molecule has 1 aliphatic heterocycles. The van der Waals surface area contributed by atoms with Gasteiger partial charge in [-0.2, -0.15) is 0 Å². The second-order valence-corrected chi connectivity index (χ2v) is 7.04. The Kier molecular flexibility index (Phi) is 7.50. The summed E-state index contributed by atoms with van der Waals surface area (Å²) in [5, 5.41) is 5.44. The molecule has 1 fully saturated rings. The first kappa shape index (κ1) is 22.9. The topological polar surface area (TPSA) is 126 Å². The van der Waals surface area contributed by atoms with Crippen LogP contribution in [0.3, 0.4) is 0 Å². The van der Waals surface area contributed by atoms with Crippen molar-refractivity contribution in [2.75, 3.05) is 45.7 Å². The van der Waals surface area contributed by atoms with Crippen LogP contribution in [-0.4, -0.2) is 74.2 Å². The van der Waals surface area contributed by atoms with E-state index in [1.54, 1.807) is 48.5 Å². The van der Waals surface area contributed by atoms with E-state index in [4.69, 9.17) is 15.2 Å². The minimum atomic E-state index is -1.12. The predicted octanol–water partition coefficient (Wildman–Crippen LogP) is 1.09. The van der Waals surface area contributed by atoms with Crippen LogP contribution in [0.25, 0.3) is 0 Å². The van der Waals surface area contributed by atoms with Crippen LogP contribution in [0.2, 0.25) is 0 Å². The van der Waals surface area contributed by atoms with Crippen molar-refractivity contribution >= 4 is 23.5 Å². The number of hydrogen-bond donors (Lipinski definition) is 3. The number of nitrogens with zero attached hydrogens (tertiary/aromatic N) is 2. The summed E-state index contributed by atoms with van der Waals surface area (Å²) >= 11 is 0. The number of ether oxygens (including phenoxy) is 2. The predicted molar refractivity (Wildman–Crippen MR) is 119 cm³/mol. The molecule has 32 heavy (non-hydrogen) atoms. The van der Waals surface area contributed by atoms with E-state index in [1.807, 2.05) is 0 Å². The van der Waals surface area contributed by atoms with Crippen LogP contribution in [0.1, 0.15) is 10.4 Å². The molecule has 0 aromatic heterocycles. The van der Waals surface area contributed by atoms with Crippen molar-refractivity contribution in [2.24, 2.45) is 5.73 Å². The lowest BCUT2D eigenvalue weighted by molar-refractivity contribution is -0.127. The fourth-order valence-electron chi connectivity index (χ4n) is 3.44. The Bertz CT molecular complexity index is 983. The molecule has 4 amide bonds. The number of hydrogen-bond acceptors (Lipinski definition) is 6. The van der Waals surface area contributed by atoms with Crippen LogP contribution in [0.5, 0.6) is 11.5 Å². The molecule has 10 nitrogen and oxygen atoms in total. The number of nitrogens with two attached hydrogens (primary N) is 1. The van der Waals surface area contributed by atoms with Gasteiger partial charge in [-0.25, -0.2) is 4.79 Å². The van der Waals surface area contributed by atoms with Crippen molar-refractivity contribution in [1.29, 1.82) is 0 Å². The zero-order valence-corrected chi connectivity index (χ0v) is 18.0. The molecule has 0 saturated carbocycles. The molecule has 1 atom stereocenters. The van der Waals surface area contributed by atoms with Gasteiger partial charge in [-0.1, -0.05) is 12.1 Å². The van der Waals surface area contributed by atoms with Gasteiger partial charge in [-0.05, 0) is 30.3 Å². The first-order chi connectivity index (χ1) is 15.5. The lowest BCUT2D eigenvalue weighted by atomic mass is 10.2. The summed E-state index contributed by atoms with van der Waals surface area (Å²) in [6.07, 6.45) is -1.12. The highest BCUT2D eigenvalue weighted by atomic mass is 16.5. The Labute approximate surface area is 186 Å². The van der Waals surface area contributed by atoms with Crippen molar-refractivity contribution in [3.05, 3.63) is 54.1 Å². The molecule has 4 N–H and O–H groups in total. The van der Waals surface area contributed by atoms with Gasteiger partial charge in [0.15, 0.2) is 6.17 Å². The van der Waals surface area contributed by atoms with E-state index in [0.717, 1.165) is 0 Å². The zero-order valence-electron chi connectivity index (χ0n) is 18.0. The number of urea groups is 1. The van der Waals surface area contributed by atoms with Crippen LogP contribution < -0.4 is 25.8 Å². The van der Waals surface area contributed by atoms with Gasteiger partial charge >= 0.3 is 6.03 Å². The van der Waals surface area contributed by atoms with Gasteiger partial charge in [0, 0.05) is 43.5 Å². The molecular weight excluding hydrogens is 414 g/mol. The van der Waals surface area contributed by atoms with Gasteiger partial charge in [-0.3, -0.25) is 14.5 Å². The van der Waals surface area contributed by atoms with Crippen LogP contribution >= 0.6 is 0 Å². The van der Waals surface area contributed by atoms with E-state index in [-0.39, 0.29) is 32.1 Å². The minimum absolute atomic E-state index is 0.187. The number of carbonyl (C=O) groups is 3. The molecule has 3 rings (SSSR count). The maximum absolute atomic E-state index is 13.2. The van der Waals surface area contributed by atoms with Crippen molar-refractivity contribution in [2.45, 2.75) is 6.17 Å². The summed E-state index contributed by atoms with van der Waals surface area (Å²) in [6.45, 7) is 0.842. The highest BCUT2D eigenvalue weighted by Crippen LogP contribution is 2.23. The van der Waals surface area contributed by atoms with Crippen LogP contribution in [0.4, 0.5) is 10.5 Å². The third kappa shape index (κ3) is 5.09. The molecule has 2 aromatic carbocycles. The Morgan fingerprint density at radius 3 is 2.34 bits per heavy atom. The molecule has 0 radical (unpaired) electrons. The molecule has 0 aliphatic carbocycles.